The van der Waals surface area contributed by atoms with Crippen LogP contribution in [0.5, 0.6) is 5.75 Å². The number of hydrogen-bond acceptors (Lipinski definition) is 4. The maximum absolute atomic E-state index is 11.4. The zero-order chi connectivity index (χ0) is 14.8. The van der Waals surface area contributed by atoms with Gasteiger partial charge in [0.2, 0.25) is 5.91 Å². The normalized spacial score (nSPS) is 14.0. The van der Waals surface area contributed by atoms with Crippen LogP contribution < -0.4 is 21.1 Å². The van der Waals surface area contributed by atoms with Crippen LogP contribution in [0.3, 0.4) is 0 Å². The van der Waals surface area contributed by atoms with E-state index in [2.05, 4.69) is 4.90 Å². The third kappa shape index (κ3) is 2.63. The van der Waals surface area contributed by atoms with Crippen molar-refractivity contribution in [1.82, 2.24) is 0 Å². The van der Waals surface area contributed by atoms with E-state index in [1.165, 1.54) is 0 Å². The van der Waals surface area contributed by atoms with Crippen molar-refractivity contribution in [3.05, 3.63) is 53.6 Å². The smallest absolute Gasteiger partial charge is 0.248 e. The Bertz CT molecular complexity index is 685. The van der Waals surface area contributed by atoms with Crippen LogP contribution in [0.4, 0.5) is 11.4 Å². The van der Waals surface area contributed by atoms with Crippen molar-refractivity contribution in [1.29, 1.82) is 0 Å². The molecular formula is C16H17N3O2. The Hall–Kier alpha value is -2.69. The molecule has 2 aromatic carbocycles. The van der Waals surface area contributed by atoms with Crippen LogP contribution in [0.25, 0.3) is 0 Å². The van der Waals surface area contributed by atoms with Crippen LogP contribution in [0.2, 0.25) is 0 Å². The van der Waals surface area contributed by atoms with Gasteiger partial charge in [-0.05, 0) is 24.3 Å². The van der Waals surface area contributed by atoms with Crippen LogP contribution in [-0.4, -0.2) is 19.1 Å². The first-order valence-electron chi connectivity index (χ1n) is 6.80. The number of rotatable bonds is 2. The molecule has 4 N–H and O–H groups in total. The van der Waals surface area contributed by atoms with E-state index in [4.69, 9.17) is 16.2 Å². The lowest BCUT2D eigenvalue weighted by molar-refractivity contribution is 0.100. The summed E-state index contributed by atoms with van der Waals surface area (Å²) in [6.45, 7) is 1.95. The second-order valence-electron chi connectivity index (χ2n) is 5.02. The SMILES string of the molecule is NC(=O)c1ccc(N)c(N2CCOc3ccccc3C2)c1. The summed E-state index contributed by atoms with van der Waals surface area (Å²) < 4.78 is 5.74. The van der Waals surface area contributed by atoms with Gasteiger partial charge in [0.1, 0.15) is 12.4 Å². The van der Waals surface area contributed by atoms with Crippen molar-refractivity contribution in [2.24, 2.45) is 5.73 Å². The van der Waals surface area contributed by atoms with E-state index in [1.807, 2.05) is 24.3 Å². The molecule has 2 aromatic rings. The maximum Gasteiger partial charge on any atom is 0.248 e. The van der Waals surface area contributed by atoms with Gasteiger partial charge < -0.3 is 21.1 Å². The van der Waals surface area contributed by atoms with Gasteiger partial charge in [-0.3, -0.25) is 4.79 Å². The summed E-state index contributed by atoms with van der Waals surface area (Å²) >= 11 is 0. The molecule has 0 fully saturated rings. The minimum absolute atomic E-state index is 0.456. The Morgan fingerprint density at radius 2 is 2.00 bits per heavy atom. The number of carbonyl (C=O) groups is 1. The number of amides is 1. The summed E-state index contributed by atoms with van der Waals surface area (Å²) in [5.41, 5.74) is 14.4. The lowest BCUT2D eigenvalue weighted by Gasteiger charge is -2.24. The highest BCUT2D eigenvalue weighted by Gasteiger charge is 2.18. The van der Waals surface area contributed by atoms with Gasteiger partial charge in [0.05, 0.1) is 17.9 Å². The maximum atomic E-state index is 11.4. The molecular weight excluding hydrogens is 266 g/mol. The van der Waals surface area contributed by atoms with E-state index >= 15 is 0 Å². The van der Waals surface area contributed by atoms with Crippen molar-refractivity contribution in [2.45, 2.75) is 6.54 Å². The van der Waals surface area contributed by atoms with Gasteiger partial charge in [0, 0.05) is 17.7 Å². The number of nitrogen functional groups attached to an aromatic ring is 1. The molecule has 0 saturated heterocycles. The van der Waals surface area contributed by atoms with Gasteiger partial charge >= 0.3 is 0 Å². The molecule has 1 heterocycles. The van der Waals surface area contributed by atoms with E-state index < -0.39 is 5.91 Å². The molecule has 0 bridgehead atoms. The first kappa shape index (κ1) is 13.3. The average Bonchev–Trinajstić information content (AvgIpc) is 2.69. The summed E-state index contributed by atoms with van der Waals surface area (Å²) in [6.07, 6.45) is 0. The minimum atomic E-state index is -0.456. The predicted octanol–water partition coefficient (Wildman–Crippen LogP) is 1.77. The Balaban J connectivity index is 1.97. The molecule has 21 heavy (non-hydrogen) atoms. The van der Waals surface area contributed by atoms with Gasteiger partial charge in [0.15, 0.2) is 0 Å². The number of hydrogen-bond donors (Lipinski definition) is 2. The zero-order valence-corrected chi connectivity index (χ0v) is 11.6. The number of para-hydroxylation sites is 1. The van der Waals surface area contributed by atoms with Gasteiger partial charge in [-0.2, -0.15) is 0 Å². The predicted molar refractivity (Wildman–Crippen MR) is 82.4 cm³/mol. The van der Waals surface area contributed by atoms with Crippen LogP contribution in [-0.2, 0) is 6.54 Å². The van der Waals surface area contributed by atoms with Gasteiger partial charge in [-0.1, -0.05) is 18.2 Å². The zero-order valence-electron chi connectivity index (χ0n) is 11.6. The van der Waals surface area contributed by atoms with Crippen molar-refractivity contribution < 1.29 is 9.53 Å². The minimum Gasteiger partial charge on any atom is -0.491 e. The average molecular weight is 283 g/mol. The number of carbonyl (C=O) groups excluding carboxylic acids is 1. The highest BCUT2D eigenvalue weighted by molar-refractivity contribution is 5.95. The Labute approximate surface area is 123 Å². The molecule has 0 atom stereocenters. The number of fused-ring (bicyclic) bond motifs is 1. The molecule has 0 spiro atoms. The summed E-state index contributed by atoms with van der Waals surface area (Å²) in [7, 11) is 0. The first-order valence-corrected chi connectivity index (χ1v) is 6.80. The second-order valence-corrected chi connectivity index (χ2v) is 5.02. The molecule has 0 aromatic heterocycles. The number of anilines is 2. The highest BCUT2D eigenvalue weighted by atomic mass is 16.5. The van der Waals surface area contributed by atoms with E-state index in [9.17, 15) is 4.79 Å². The Kier molecular flexibility index (Phi) is 3.39. The van der Waals surface area contributed by atoms with Gasteiger partial charge in [-0.15, -0.1) is 0 Å². The van der Waals surface area contributed by atoms with Crippen LogP contribution in [0.1, 0.15) is 15.9 Å². The van der Waals surface area contributed by atoms with Gasteiger partial charge in [-0.25, -0.2) is 0 Å². The molecule has 5 heteroatoms. The molecule has 1 aliphatic rings. The molecule has 1 amide bonds. The van der Waals surface area contributed by atoms with Crippen LogP contribution in [0, 0.1) is 0 Å². The molecule has 1 aliphatic heterocycles. The topological polar surface area (TPSA) is 81.6 Å². The van der Waals surface area contributed by atoms with E-state index in [1.54, 1.807) is 18.2 Å². The third-order valence-corrected chi connectivity index (χ3v) is 3.61. The van der Waals surface area contributed by atoms with E-state index in [0.717, 1.165) is 17.0 Å². The number of primary amides is 1. The lowest BCUT2D eigenvalue weighted by Crippen LogP contribution is -2.26. The summed E-state index contributed by atoms with van der Waals surface area (Å²) in [6, 6.07) is 13.0. The lowest BCUT2D eigenvalue weighted by atomic mass is 10.1. The fraction of sp³-hybridized carbons (Fsp3) is 0.188. The quantitative estimate of drug-likeness (QED) is 0.823. The van der Waals surface area contributed by atoms with Crippen LogP contribution in [0.15, 0.2) is 42.5 Å². The number of benzene rings is 2. The largest absolute Gasteiger partial charge is 0.491 e. The standard InChI is InChI=1S/C16H17N3O2/c17-13-6-5-11(16(18)20)9-14(13)19-7-8-21-15-4-2-1-3-12(15)10-19/h1-6,9H,7-8,10,17H2,(H2,18,20). The molecule has 0 saturated carbocycles. The molecule has 0 radical (unpaired) electrons. The third-order valence-electron chi connectivity index (χ3n) is 3.61. The number of ether oxygens (including phenoxy) is 1. The van der Waals surface area contributed by atoms with Crippen molar-refractivity contribution in [3.8, 4) is 5.75 Å². The second kappa shape index (κ2) is 5.36. The molecule has 0 unspecified atom stereocenters. The molecule has 108 valence electrons. The van der Waals surface area contributed by atoms with Crippen molar-refractivity contribution >= 4 is 17.3 Å². The number of nitrogens with two attached hydrogens (primary N) is 2. The van der Waals surface area contributed by atoms with E-state index in [-0.39, 0.29) is 0 Å². The highest BCUT2D eigenvalue weighted by Crippen LogP contribution is 2.30. The number of nitrogens with zero attached hydrogens (tertiary/aromatic N) is 1. The molecule has 0 aliphatic carbocycles. The van der Waals surface area contributed by atoms with E-state index in [0.29, 0.717) is 30.9 Å². The first-order chi connectivity index (χ1) is 10.1. The Morgan fingerprint density at radius 1 is 1.19 bits per heavy atom. The Morgan fingerprint density at radius 3 is 2.81 bits per heavy atom. The summed E-state index contributed by atoms with van der Waals surface area (Å²) in [5.74, 6) is 0.437. The molecule has 3 rings (SSSR count). The van der Waals surface area contributed by atoms with Crippen molar-refractivity contribution in [2.75, 3.05) is 23.8 Å². The summed E-state index contributed by atoms with van der Waals surface area (Å²) in [5, 5.41) is 0. The van der Waals surface area contributed by atoms with Crippen LogP contribution >= 0.6 is 0 Å². The fourth-order valence-corrected chi connectivity index (χ4v) is 2.50. The van der Waals surface area contributed by atoms with Gasteiger partial charge in [0.25, 0.3) is 0 Å². The molecule has 5 nitrogen and oxygen atoms in total. The summed E-state index contributed by atoms with van der Waals surface area (Å²) in [4.78, 5) is 13.5. The fourth-order valence-electron chi connectivity index (χ4n) is 2.50. The van der Waals surface area contributed by atoms with Crippen molar-refractivity contribution in [3.63, 3.8) is 0 Å². The monoisotopic (exact) mass is 283 g/mol.